The molecule has 0 saturated carbocycles. The Hall–Kier alpha value is -1.10. The summed E-state index contributed by atoms with van der Waals surface area (Å²) in [7, 11) is -2.12. The highest BCUT2D eigenvalue weighted by molar-refractivity contribution is 8.07. The molecule has 0 N–H and O–H groups in total. The summed E-state index contributed by atoms with van der Waals surface area (Å²) in [5.41, 5.74) is 0. The molecule has 13 heavy (non-hydrogen) atoms. The number of nitrogens with zero attached hydrogens (tertiary/aromatic N) is 1. The van der Waals surface area contributed by atoms with Gasteiger partial charge in [-0.25, -0.2) is 8.42 Å². The summed E-state index contributed by atoms with van der Waals surface area (Å²) in [6.07, 6.45) is 6.70. The Morgan fingerprint density at radius 1 is 1.31 bits per heavy atom. The SMILES string of the molecule is CN1C(=O)S(=O)(=O)C2C=CC=CC21. The summed E-state index contributed by atoms with van der Waals surface area (Å²) in [6.45, 7) is 0. The zero-order chi connectivity index (χ0) is 9.64. The van der Waals surface area contributed by atoms with Crippen molar-refractivity contribution >= 4 is 15.1 Å². The summed E-state index contributed by atoms with van der Waals surface area (Å²) < 4.78 is 22.9. The highest BCUT2D eigenvalue weighted by Gasteiger charge is 2.49. The molecule has 2 aliphatic rings. The van der Waals surface area contributed by atoms with Gasteiger partial charge in [-0.3, -0.25) is 4.79 Å². The second kappa shape index (κ2) is 2.45. The lowest BCUT2D eigenvalue weighted by atomic mass is 10.1. The number of amides is 1. The minimum Gasteiger partial charge on any atom is -0.324 e. The molecule has 1 fully saturated rings. The molecule has 1 amide bonds. The van der Waals surface area contributed by atoms with Gasteiger partial charge in [0.15, 0.2) is 0 Å². The van der Waals surface area contributed by atoms with E-state index in [1.54, 1.807) is 24.3 Å². The van der Waals surface area contributed by atoms with E-state index in [0.29, 0.717) is 0 Å². The summed E-state index contributed by atoms with van der Waals surface area (Å²) in [4.78, 5) is 12.5. The number of fused-ring (bicyclic) bond motifs is 1. The fraction of sp³-hybridized carbons (Fsp3) is 0.375. The van der Waals surface area contributed by atoms with Crippen molar-refractivity contribution in [1.29, 1.82) is 0 Å². The second-order valence-corrected chi connectivity index (χ2v) is 5.13. The number of allylic oxidation sites excluding steroid dienone is 2. The van der Waals surface area contributed by atoms with Crippen molar-refractivity contribution in [2.75, 3.05) is 7.05 Å². The van der Waals surface area contributed by atoms with Gasteiger partial charge in [0.25, 0.3) is 0 Å². The third-order valence-corrected chi connectivity index (χ3v) is 4.32. The average molecular weight is 199 g/mol. The molecule has 1 aliphatic heterocycles. The fourth-order valence-electron chi connectivity index (χ4n) is 1.65. The van der Waals surface area contributed by atoms with Crippen molar-refractivity contribution in [2.45, 2.75) is 11.3 Å². The van der Waals surface area contributed by atoms with Crippen LogP contribution in [0.25, 0.3) is 0 Å². The van der Waals surface area contributed by atoms with Crippen LogP contribution in [0, 0.1) is 0 Å². The lowest BCUT2D eigenvalue weighted by Crippen LogP contribution is -2.31. The van der Waals surface area contributed by atoms with E-state index < -0.39 is 20.3 Å². The van der Waals surface area contributed by atoms with Crippen LogP contribution < -0.4 is 0 Å². The molecular formula is C8H9NO3S. The minimum absolute atomic E-state index is 0.317. The maximum Gasteiger partial charge on any atom is 0.339 e. The van der Waals surface area contributed by atoms with Gasteiger partial charge in [0.2, 0.25) is 9.84 Å². The predicted octanol–water partition coefficient (Wildman–Crippen LogP) is 0.330. The molecule has 4 nitrogen and oxygen atoms in total. The van der Waals surface area contributed by atoms with E-state index in [2.05, 4.69) is 0 Å². The van der Waals surface area contributed by atoms with Crippen LogP contribution in [-0.2, 0) is 9.84 Å². The monoisotopic (exact) mass is 199 g/mol. The molecular weight excluding hydrogens is 190 g/mol. The summed E-state index contributed by atoms with van der Waals surface area (Å²) in [5.74, 6) is 0. The number of likely N-dealkylation sites (N-methyl/N-ethyl adjacent to an activating group) is 1. The second-order valence-electron chi connectivity index (χ2n) is 3.15. The van der Waals surface area contributed by atoms with Crippen molar-refractivity contribution in [1.82, 2.24) is 4.90 Å². The van der Waals surface area contributed by atoms with Crippen LogP contribution in [0.4, 0.5) is 4.79 Å². The van der Waals surface area contributed by atoms with Gasteiger partial charge >= 0.3 is 5.24 Å². The third kappa shape index (κ3) is 0.966. The van der Waals surface area contributed by atoms with E-state index in [1.807, 2.05) is 0 Å². The number of hydrogen-bond donors (Lipinski definition) is 0. The first-order valence-electron chi connectivity index (χ1n) is 3.91. The summed E-state index contributed by atoms with van der Waals surface area (Å²) in [5, 5.41) is -1.46. The number of sulfone groups is 1. The molecule has 1 heterocycles. The van der Waals surface area contributed by atoms with Gasteiger partial charge in [-0.15, -0.1) is 0 Å². The van der Waals surface area contributed by atoms with E-state index in [-0.39, 0.29) is 6.04 Å². The molecule has 0 aromatic rings. The maximum atomic E-state index is 11.5. The van der Waals surface area contributed by atoms with Gasteiger partial charge < -0.3 is 4.90 Å². The van der Waals surface area contributed by atoms with E-state index in [4.69, 9.17) is 0 Å². The lowest BCUT2D eigenvalue weighted by Gasteiger charge is -2.18. The van der Waals surface area contributed by atoms with Crippen LogP contribution in [0.15, 0.2) is 24.3 Å². The molecule has 0 spiro atoms. The van der Waals surface area contributed by atoms with Crippen molar-refractivity contribution in [3.05, 3.63) is 24.3 Å². The topological polar surface area (TPSA) is 54.5 Å². The van der Waals surface area contributed by atoms with Gasteiger partial charge in [0.1, 0.15) is 5.25 Å². The highest BCUT2D eigenvalue weighted by Crippen LogP contribution is 2.28. The molecule has 2 rings (SSSR count). The Morgan fingerprint density at radius 3 is 2.54 bits per heavy atom. The van der Waals surface area contributed by atoms with Crippen molar-refractivity contribution < 1.29 is 13.2 Å². The summed E-state index contributed by atoms with van der Waals surface area (Å²) >= 11 is 0. The normalized spacial score (nSPS) is 35.2. The Labute approximate surface area is 76.4 Å². The number of hydrogen-bond acceptors (Lipinski definition) is 3. The molecule has 70 valence electrons. The third-order valence-electron chi connectivity index (χ3n) is 2.39. The number of rotatable bonds is 0. The Morgan fingerprint density at radius 2 is 1.92 bits per heavy atom. The standard InChI is InChI=1S/C8H9NO3S/c1-9-6-4-2-3-5-7(6)13(11,12)8(9)10/h2-7H,1H3. The number of carbonyl (C=O) groups is 1. The molecule has 5 heteroatoms. The smallest absolute Gasteiger partial charge is 0.324 e. The quantitative estimate of drug-likeness (QED) is 0.565. The molecule has 2 atom stereocenters. The van der Waals surface area contributed by atoms with E-state index in [9.17, 15) is 13.2 Å². The van der Waals surface area contributed by atoms with Gasteiger partial charge in [0.05, 0.1) is 6.04 Å². The van der Waals surface area contributed by atoms with Crippen molar-refractivity contribution in [3.63, 3.8) is 0 Å². The van der Waals surface area contributed by atoms with Gasteiger partial charge in [-0.05, 0) is 0 Å². The number of carbonyl (C=O) groups excluding carboxylic acids is 1. The van der Waals surface area contributed by atoms with Crippen LogP contribution in [0.2, 0.25) is 0 Å². The van der Waals surface area contributed by atoms with Crippen molar-refractivity contribution in [3.8, 4) is 0 Å². The van der Waals surface area contributed by atoms with E-state index in [0.717, 1.165) is 0 Å². The molecule has 2 unspecified atom stereocenters. The first kappa shape index (κ1) is 8.50. The Balaban J connectivity index is 2.55. The lowest BCUT2D eigenvalue weighted by molar-refractivity contribution is 0.229. The fourth-order valence-corrected chi connectivity index (χ4v) is 3.34. The molecule has 0 radical (unpaired) electrons. The first-order valence-corrected chi connectivity index (χ1v) is 5.45. The largest absolute Gasteiger partial charge is 0.339 e. The van der Waals surface area contributed by atoms with Gasteiger partial charge in [0, 0.05) is 7.05 Å². The predicted molar refractivity (Wildman–Crippen MR) is 47.9 cm³/mol. The maximum absolute atomic E-state index is 11.5. The molecule has 0 bridgehead atoms. The summed E-state index contributed by atoms with van der Waals surface area (Å²) in [6, 6.07) is -0.317. The zero-order valence-electron chi connectivity index (χ0n) is 7.04. The van der Waals surface area contributed by atoms with Crippen LogP contribution in [0.3, 0.4) is 0 Å². The van der Waals surface area contributed by atoms with Crippen LogP contribution >= 0.6 is 0 Å². The van der Waals surface area contributed by atoms with Crippen LogP contribution in [0.5, 0.6) is 0 Å². The van der Waals surface area contributed by atoms with Crippen molar-refractivity contribution in [2.24, 2.45) is 0 Å². The van der Waals surface area contributed by atoms with Crippen LogP contribution in [-0.4, -0.2) is 36.9 Å². The van der Waals surface area contributed by atoms with Crippen LogP contribution in [0.1, 0.15) is 0 Å². The average Bonchev–Trinajstić information content (AvgIpc) is 2.30. The molecule has 0 aromatic heterocycles. The van der Waals surface area contributed by atoms with E-state index in [1.165, 1.54) is 11.9 Å². The Kier molecular flexibility index (Phi) is 1.60. The van der Waals surface area contributed by atoms with Gasteiger partial charge in [-0.1, -0.05) is 24.3 Å². The molecule has 1 aliphatic carbocycles. The van der Waals surface area contributed by atoms with E-state index >= 15 is 0 Å². The molecule has 1 saturated heterocycles. The minimum atomic E-state index is -3.63. The Bertz CT molecular complexity index is 407. The zero-order valence-corrected chi connectivity index (χ0v) is 7.86. The molecule has 0 aromatic carbocycles. The highest BCUT2D eigenvalue weighted by atomic mass is 32.2. The first-order chi connectivity index (χ1) is 6.05. The van der Waals surface area contributed by atoms with Gasteiger partial charge in [-0.2, -0.15) is 0 Å².